The molecule has 0 saturated heterocycles. The number of hydrogen-bond acceptors (Lipinski definition) is 6. The van der Waals surface area contributed by atoms with E-state index < -0.39 is 36.2 Å². The predicted octanol–water partition coefficient (Wildman–Crippen LogP) is 0.841. The lowest BCUT2D eigenvalue weighted by molar-refractivity contribution is -0.256. The fourth-order valence-electron chi connectivity index (χ4n) is 1.62. The summed E-state index contributed by atoms with van der Waals surface area (Å²) < 4.78 is 52.6. The Labute approximate surface area is 106 Å². The van der Waals surface area contributed by atoms with Gasteiger partial charge in [0.05, 0.1) is 20.1 Å². The Hall–Kier alpha value is -1.80. The maximum Gasteiger partial charge on any atom is 0.431 e. The molecule has 0 saturated carbocycles. The van der Waals surface area contributed by atoms with Crippen LogP contribution in [0.4, 0.5) is 13.2 Å². The fraction of sp³-hybridized carbons (Fsp3) is 0.700. The second kappa shape index (κ2) is 5.45. The average molecular weight is 283 g/mol. The maximum absolute atomic E-state index is 13.1. The first-order valence-corrected chi connectivity index (χ1v) is 5.28. The molecule has 9 heteroatoms. The highest BCUT2D eigenvalue weighted by molar-refractivity contribution is 5.83. The smallest absolute Gasteiger partial charge is 0.431 e. The SMILES string of the molecule is CCOC(=O)C[C@]1(C(F)(F)F)OC=N[C@@H]1C(=O)OC. The van der Waals surface area contributed by atoms with Crippen LogP contribution >= 0.6 is 0 Å². The number of methoxy groups -OCH3 is 1. The summed E-state index contributed by atoms with van der Waals surface area (Å²) in [5, 5.41) is 0. The Bertz CT molecular complexity index is 395. The molecule has 0 radical (unpaired) electrons. The molecule has 19 heavy (non-hydrogen) atoms. The summed E-state index contributed by atoms with van der Waals surface area (Å²) >= 11 is 0. The Balaban J connectivity index is 3.07. The van der Waals surface area contributed by atoms with Crippen LogP contribution in [0.1, 0.15) is 13.3 Å². The van der Waals surface area contributed by atoms with Crippen molar-refractivity contribution in [2.75, 3.05) is 13.7 Å². The summed E-state index contributed by atoms with van der Waals surface area (Å²) in [5.41, 5.74) is -3.08. The monoisotopic (exact) mass is 283 g/mol. The maximum atomic E-state index is 13.1. The van der Waals surface area contributed by atoms with Gasteiger partial charge in [0, 0.05) is 0 Å². The molecule has 0 aliphatic carbocycles. The van der Waals surface area contributed by atoms with E-state index in [9.17, 15) is 22.8 Å². The molecule has 1 aliphatic heterocycles. The van der Waals surface area contributed by atoms with Gasteiger partial charge in [0.1, 0.15) is 0 Å². The van der Waals surface area contributed by atoms with Crippen molar-refractivity contribution < 1.29 is 37.0 Å². The molecular weight excluding hydrogens is 271 g/mol. The summed E-state index contributed by atoms with van der Waals surface area (Å²) in [7, 11) is 0.918. The van der Waals surface area contributed by atoms with Gasteiger partial charge in [0.25, 0.3) is 0 Å². The summed E-state index contributed by atoms with van der Waals surface area (Å²) in [5.74, 6) is -2.38. The predicted molar refractivity (Wildman–Crippen MR) is 55.4 cm³/mol. The number of esters is 2. The van der Waals surface area contributed by atoms with Gasteiger partial charge in [0.15, 0.2) is 12.4 Å². The molecule has 108 valence electrons. The van der Waals surface area contributed by atoms with Gasteiger partial charge in [-0.15, -0.1) is 0 Å². The van der Waals surface area contributed by atoms with E-state index >= 15 is 0 Å². The van der Waals surface area contributed by atoms with Gasteiger partial charge in [-0.25, -0.2) is 9.79 Å². The Kier molecular flexibility index (Phi) is 4.38. The topological polar surface area (TPSA) is 74.2 Å². The summed E-state index contributed by atoms with van der Waals surface area (Å²) in [6.07, 6.45) is -5.67. The first-order chi connectivity index (χ1) is 8.78. The number of rotatable bonds is 4. The Morgan fingerprint density at radius 3 is 2.58 bits per heavy atom. The van der Waals surface area contributed by atoms with Crippen LogP contribution in [0.3, 0.4) is 0 Å². The molecule has 0 N–H and O–H groups in total. The lowest BCUT2D eigenvalue weighted by atomic mass is 9.90. The third-order valence-corrected chi connectivity index (χ3v) is 2.53. The number of ether oxygens (including phenoxy) is 3. The minimum Gasteiger partial charge on any atom is -0.467 e. The molecule has 0 aromatic heterocycles. The second-order valence-electron chi connectivity index (χ2n) is 3.67. The quantitative estimate of drug-likeness (QED) is 0.715. The Morgan fingerprint density at radius 1 is 1.47 bits per heavy atom. The summed E-state index contributed by atoms with van der Waals surface area (Å²) in [6, 6.07) is -1.98. The van der Waals surface area contributed by atoms with Gasteiger partial charge in [-0.2, -0.15) is 13.2 Å². The molecule has 0 unspecified atom stereocenters. The van der Waals surface area contributed by atoms with Crippen molar-refractivity contribution in [2.45, 2.75) is 31.2 Å². The van der Waals surface area contributed by atoms with Crippen LogP contribution in [0.15, 0.2) is 4.99 Å². The minimum atomic E-state index is -4.99. The number of aliphatic imine (C=N–C) groups is 1. The molecule has 0 aromatic carbocycles. The third kappa shape index (κ3) is 2.79. The van der Waals surface area contributed by atoms with Crippen molar-refractivity contribution in [2.24, 2.45) is 4.99 Å². The van der Waals surface area contributed by atoms with Crippen LogP contribution in [0.2, 0.25) is 0 Å². The summed E-state index contributed by atoms with van der Waals surface area (Å²) in [4.78, 5) is 25.9. The molecule has 1 aliphatic rings. The molecule has 0 fully saturated rings. The molecule has 0 aromatic rings. The van der Waals surface area contributed by atoms with Gasteiger partial charge in [-0.05, 0) is 6.92 Å². The highest BCUT2D eigenvalue weighted by atomic mass is 19.4. The van der Waals surface area contributed by atoms with Crippen LogP contribution < -0.4 is 0 Å². The minimum absolute atomic E-state index is 0.0868. The second-order valence-corrected chi connectivity index (χ2v) is 3.67. The van der Waals surface area contributed by atoms with Gasteiger partial charge >= 0.3 is 18.1 Å². The van der Waals surface area contributed by atoms with Gasteiger partial charge < -0.3 is 14.2 Å². The van der Waals surface area contributed by atoms with Crippen LogP contribution in [-0.4, -0.2) is 49.9 Å². The van der Waals surface area contributed by atoms with Crippen molar-refractivity contribution in [1.82, 2.24) is 0 Å². The van der Waals surface area contributed by atoms with Gasteiger partial charge in [-0.1, -0.05) is 0 Å². The van der Waals surface area contributed by atoms with Crippen LogP contribution in [-0.2, 0) is 23.8 Å². The third-order valence-electron chi connectivity index (χ3n) is 2.53. The van der Waals surface area contributed by atoms with E-state index in [1.54, 1.807) is 0 Å². The molecule has 0 bridgehead atoms. The van der Waals surface area contributed by atoms with E-state index in [0.29, 0.717) is 6.40 Å². The fourth-order valence-corrected chi connectivity index (χ4v) is 1.62. The van der Waals surface area contributed by atoms with E-state index in [0.717, 1.165) is 7.11 Å². The number of hydrogen-bond donors (Lipinski definition) is 0. The first kappa shape index (κ1) is 15.3. The van der Waals surface area contributed by atoms with E-state index in [1.165, 1.54) is 6.92 Å². The molecule has 1 heterocycles. The zero-order valence-electron chi connectivity index (χ0n) is 10.2. The zero-order chi connectivity index (χ0) is 14.7. The van der Waals surface area contributed by atoms with Crippen molar-refractivity contribution in [1.29, 1.82) is 0 Å². The average Bonchev–Trinajstić information content (AvgIpc) is 2.72. The highest BCUT2D eigenvalue weighted by Gasteiger charge is 2.67. The Morgan fingerprint density at radius 2 is 2.11 bits per heavy atom. The van der Waals surface area contributed by atoms with Crippen molar-refractivity contribution >= 4 is 18.3 Å². The number of alkyl halides is 3. The van der Waals surface area contributed by atoms with Crippen molar-refractivity contribution in [3.05, 3.63) is 0 Å². The molecule has 0 amide bonds. The standard InChI is InChI=1S/C10H12F3NO5/c1-3-18-6(15)4-9(10(11,12)13)7(8(16)17-2)14-5-19-9/h5,7H,3-4H2,1-2H3/t7-,9+/m1/s1. The van der Waals surface area contributed by atoms with Crippen LogP contribution in [0, 0.1) is 0 Å². The number of carbonyl (C=O) groups is 2. The van der Waals surface area contributed by atoms with Crippen LogP contribution in [0.25, 0.3) is 0 Å². The molecule has 0 spiro atoms. The van der Waals surface area contributed by atoms with Gasteiger partial charge in [0.2, 0.25) is 5.60 Å². The first-order valence-electron chi connectivity index (χ1n) is 5.28. The van der Waals surface area contributed by atoms with Crippen molar-refractivity contribution in [3.8, 4) is 0 Å². The van der Waals surface area contributed by atoms with E-state index in [-0.39, 0.29) is 6.61 Å². The summed E-state index contributed by atoms with van der Waals surface area (Å²) in [6.45, 7) is 1.36. The molecule has 1 rings (SSSR count). The number of nitrogens with zero attached hydrogens (tertiary/aromatic N) is 1. The van der Waals surface area contributed by atoms with Crippen molar-refractivity contribution in [3.63, 3.8) is 0 Å². The lowest BCUT2D eigenvalue weighted by Gasteiger charge is -2.32. The molecule has 6 nitrogen and oxygen atoms in total. The van der Waals surface area contributed by atoms with Gasteiger partial charge in [-0.3, -0.25) is 4.79 Å². The van der Waals surface area contributed by atoms with E-state index in [2.05, 4.69) is 19.2 Å². The number of halogens is 3. The van der Waals surface area contributed by atoms with Crippen LogP contribution in [0.5, 0.6) is 0 Å². The highest BCUT2D eigenvalue weighted by Crippen LogP contribution is 2.43. The molecular formula is C10H12F3NO5. The number of carbonyl (C=O) groups excluding carboxylic acids is 2. The van der Waals surface area contributed by atoms with E-state index in [1.807, 2.05) is 0 Å². The molecule has 2 atom stereocenters. The lowest BCUT2D eigenvalue weighted by Crippen LogP contribution is -2.57. The van der Waals surface area contributed by atoms with E-state index in [4.69, 9.17) is 0 Å². The normalized spacial score (nSPS) is 25.8. The zero-order valence-corrected chi connectivity index (χ0v) is 10.2. The largest absolute Gasteiger partial charge is 0.467 e.